The van der Waals surface area contributed by atoms with Gasteiger partial charge in [-0.3, -0.25) is 24.0 Å². The molecule has 14 heteroatoms. The van der Waals surface area contributed by atoms with Crippen molar-refractivity contribution in [1.82, 2.24) is 15.5 Å². The summed E-state index contributed by atoms with van der Waals surface area (Å²) in [5.41, 5.74) is 11.7. The van der Waals surface area contributed by atoms with Crippen LogP contribution >= 0.6 is 0 Å². The van der Waals surface area contributed by atoms with E-state index in [9.17, 15) is 33.9 Å². The Kier molecular flexibility index (Phi) is 9.73. The number of phenols is 1. The van der Waals surface area contributed by atoms with E-state index in [1.54, 1.807) is 12.1 Å². The van der Waals surface area contributed by atoms with E-state index in [0.717, 1.165) is 0 Å². The first-order valence-corrected chi connectivity index (χ1v) is 11.1. The number of benzene rings is 1. The third-order valence-corrected chi connectivity index (χ3v) is 5.58. The van der Waals surface area contributed by atoms with Gasteiger partial charge in [-0.05, 0) is 37.0 Å². The van der Waals surface area contributed by atoms with Gasteiger partial charge in [0.1, 0.15) is 23.9 Å². The summed E-state index contributed by atoms with van der Waals surface area (Å²) >= 11 is 0. The number of nitrogens with two attached hydrogens (primary N) is 2. The minimum absolute atomic E-state index is 0.0548. The first-order valence-electron chi connectivity index (χ1n) is 11.1. The van der Waals surface area contributed by atoms with Crippen molar-refractivity contribution in [2.75, 3.05) is 6.54 Å². The summed E-state index contributed by atoms with van der Waals surface area (Å²) in [6, 6.07) is 0.705. The molecule has 2 rings (SSSR count). The standard InChI is InChI=1S/C22H29N5O9/c23-13(8-11-3-5-12(28)6-4-11)21(34)27-7-1-2-16(27)20(33)25-14(10-18(30)31)19(32)26-15(22(35)36)9-17(24)29/h3-6,13-16,28H,1-2,7-10,23H2,(H2,24,29)(H,25,33)(H,26,32)(H,30,31)(H,35,36). The van der Waals surface area contributed by atoms with E-state index in [-0.39, 0.29) is 25.1 Å². The summed E-state index contributed by atoms with van der Waals surface area (Å²) in [4.78, 5) is 73.3. The van der Waals surface area contributed by atoms with E-state index in [1.807, 2.05) is 5.32 Å². The first-order chi connectivity index (χ1) is 16.9. The zero-order chi connectivity index (χ0) is 27.0. The Hall–Kier alpha value is -4.20. The Bertz CT molecular complexity index is 1010. The summed E-state index contributed by atoms with van der Waals surface area (Å²) in [6.45, 7) is 0.218. The monoisotopic (exact) mass is 507 g/mol. The highest BCUT2D eigenvalue weighted by atomic mass is 16.4. The Morgan fingerprint density at radius 1 is 1.00 bits per heavy atom. The van der Waals surface area contributed by atoms with Crippen LogP contribution in [0.15, 0.2) is 24.3 Å². The normalized spacial score (nSPS) is 17.5. The van der Waals surface area contributed by atoms with Gasteiger partial charge in [-0.25, -0.2) is 4.79 Å². The molecule has 1 aromatic rings. The molecule has 14 nitrogen and oxygen atoms in total. The largest absolute Gasteiger partial charge is 0.508 e. The highest BCUT2D eigenvalue weighted by Crippen LogP contribution is 2.20. The lowest BCUT2D eigenvalue weighted by atomic mass is 10.0. The van der Waals surface area contributed by atoms with Gasteiger partial charge in [-0.15, -0.1) is 0 Å². The van der Waals surface area contributed by atoms with Crippen molar-refractivity contribution in [3.05, 3.63) is 29.8 Å². The fraction of sp³-hybridized carbons (Fsp3) is 0.455. The molecule has 1 saturated heterocycles. The molecule has 0 aliphatic carbocycles. The van der Waals surface area contributed by atoms with Gasteiger partial charge >= 0.3 is 11.9 Å². The van der Waals surface area contributed by atoms with Gasteiger partial charge in [0, 0.05) is 6.54 Å². The highest BCUT2D eigenvalue weighted by Gasteiger charge is 2.38. The van der Waals surface area contributed by atoms with Crippen LogP contribution in [0.2, 0.25) is 0 Å². The Labute approximate surface area is 205 Å². The van der Waals surface area contributed by atoms with Gasteiger partial charge in [0.15, 0.2) is 0 Å². The molecule has 0 aromatic heterocycles. The van der Waals surface area contributed by atoms with Gasteiger partial charge in [-0.1, -0.05) is 12.1 Å². The van der Waals surface area contributed by atoms with Crippen LogP contribution in [0.1, 0.15) is 31.2 Å². The van der Waals surface area contributed by atoms with E-state index in [1.165, 1.54) is 17.0 Å². The van der Waals surface area contributed by atoms with E-state index in [4.69, 9.17) is 21.7 Å². The fourth-order valence-electron chi connectivity index (χ4n) is 3.81. The maximum atomic E-state index is 12.9. The van der Waals surface area contributed by atoms with E-state index in [0.29, 0.717) is 12.0 Å². The Morgan fingerprint density at radius 2 is 1.64 bits per heavy atom. The molecule has 9 N–H and O–H groups in total. The maximum Gasteiger partial charge on any atom is 0.326 e. The number of primary amides is 1. The van der Waals surface area contributed by atoms with Crippen molar-refractivity contribution >= 4 is 35.6 Å². The van der Waals surface area contributed by atoms with Crippen LogP contribution in [0.4, 0.5) is 0 Å². The number of phenolic OH excluding ortho intramolecular Hbond substituents is 1. The third-order valence-electron chi connectivity index (χ3n) is 5.58. The summed E-state index contributed by atoms with van der Waals surface area (Å²) in [6.07, 6.45) is -0.764. The van der Waals surface area contributed by atoms with Crippen molar-refractivity contribution in [2.24, 2.45) is 11.5 Å². The number of carboxylic acids is 2. The van der Waals surface area contributed by atoms with E-state index >= 15 is 0 Å². The quantitative estimate of drug-likeness (QED) is 0.159. The van der Waals surface area contributed by atoms with Gasteiger partial charge in [-0.2, -0.15) is 0 Å². The molecule has 1 aliphatic heterocycles. The molecule has 196 valence electrons. The SMILES string of the molecule is NC(=O)CC(NC(=O)C(CC(=O)O)NC(=O)C1CCCN1C(=O)C(N)Cc1ccc(O)cc1)C(=O)O. The molecule has 0 radical (unpaired) electrons. The van der Waals surface area contributed by atoms with Crippen LogP contribution in [0.25, 0.3) is 0 Å². The molecule has 1 aliphatic rings. The van der Waals surface area contributed by atoms with Crippen molar-refractivity contribution in [2.45, 2.75) is 56.3 Å². The fourth-order valence-corrected chi connectivity index (χ4v) is 3.81. The van der Waals surface area contributed by atoms with Crippen molar-refractivity contribution in [1.29, 1.82) is 0 Å². The number of rotatable bonds is 12. The lowest BCUT2D eigenvalue weighted by molar-refractivity contribution is -0.145. The molecule has 0 bridgehead atoms. The zero-order valence-electron chi connectivity index (χ0n) is 19.3. The highest BCUT2D eigenvalue weighted by molar-refractivity contribution is 5.96. The number of hydrogen-bond acceptors (Lipinski definition) is 8. The third kappa shape index (κ3) is 7.94. The average molecular weight is 508 g/mol. The molecule has 1 fully saturated rings. The van der Waals surface area contributed by atoms with Gasteiger partial charge < -0.3 is 42.3 Å². The number of amides is 4. The van der Waals surface area contributed by atoms with E-state index in [2.05, 4.69) is 5.32 Å². The molecule has 4 amide bonds. The average Bonchev–Trinajstić information content (AvgIpc) is 3.28. The Morgan fingerprint density at radius 3 is 2.19 bits per heavy atom. The molecule has 4 atom stereocenters. The summed E-state index contributed by atoms with van der Waals surface area (Å²) in [5, 5.41) is 32.0. The number of aliphatic carboxylic acids is 2. The number of carbonyl (C=O) groups is 6. The van der Waals surface area contributed by atoms with Gasteiger partial charge in [0.25, 0.3) is 0 Å². The number of hydrogen-bond donors (Lipinski definition) is 7. The predicted molar refractivity (Wildman–Crippen MR) is 122 cm³/mol. The van der Waals surface area contributed by atoms with Crippen molar-refractivity contribution in [3.63, 3.8) is 0 Å². The topological polar surface area (TPSA) is 242 Å². The minimum Gasteiger partial charge on any atom is -0.508 e. The summed E-state index contributed by atoms with van der Waals surface area (Å²) in [7, 11) is 0. The van der Waals surface area contributed by atoms with Crippen LogP contribution < -0.4 is 22.1 Å². The van der Waals surface area contributed by atoms with Crippen LogP contribution in [0, 0.1) is 0 Å². The zero-order valence-corrected chi connectivity index (χ0v) is 19.3. The number of nitrogens with one attached hydrogen (secondary N) is 2. The minimum atomic E-state index is -1.72. The molecule has 1 heterocycles. The second-order valence-corrected chi connectivity index (χ2v) is 8.40. The smallest absolute Gasteiger partial charge is 0.326 e. The number of aromatic hydroxyl groups is 1. The molecule has 1 aromatic carbocycles. The second kappa shape index (κ2) is 12.5. The van der Waals surface area contributed by atoms with Crippen molar-refractivity contribution in [3.8, 4) is 5.75 Å². The number of nitrogens with zero attached hydrogens (tertiary/aromatic N) is 1. The summed E-state index contributed by atoms with van der Waals surface area (Å²) in [5.74, 6) is -6.44. The molecular formula is C22H29N5O9. The predicted octanol–water partition coefficient (Wildman–Crippen LogP) is -2.34. The second-order valence-electron chi connectivity index (χ2n) is 8.40. The molecule has 4 unspecified atom stereocenters. The molecule has 0 saturated carbocycles. The number of likely N-dealkylation sites (tertiary alicyclic amines) is 1. The number of carboxylic acid groups (broad SMARTS) is 2. The Balaban J connectivity index is 2.09. The molecule has 0 spiro atoms. The van der Waals surface area contributed by atoms with E-state index < -0.39 is 72.6 Å². The lowest BCUT2D eigenvalue weighted by Gasteiger charge is -2.28. The molecule has 36 heavy (non-hydrogen) atoms. The van der Waals surface area contributed by atoms with Crippen LogP contribution in [-0.2, 0) is 35.2 Å². The van der Waals surface area contributed by atoms with Crippen LogP contribution in [0.3, 0.4) is 0 Å². The maximum absolute atomic E-state index is 12.9. The van der Waals surface area contributed by atoms with Crippen LogP contribution in [0.5, 0.6) is 5.75 Å². The lowest BCUT2D eigenvalue weighted by Crippen LogP contribution is -2.57. The van der Waals surface area contributed by atoms with Gasteiger partial charge in [0.05, 0.1) is 18.9 Å². The summed E-state index contributed by atoms with van der Waals surface area (Å²) < 4.78 is 0. The number of carbonyl (C=O) groups excluding carboxylic acids is 4. The van der Waals surface area contributed by atoms with Crippen LogP contribution in [-0.4, -0.2) is 86.5 Å². The van der Waals surface area contributed by atoms with Gasteiger partial charge in [0.2, 0.25) is 23.6 Å². The molecular weight excluding hydrogens is 478 g/mol. The first kappa shape index (κ1) is 28.0. The van der Waals surface area contributed by atoms with Crippen molar-refractivity contribution < 1.29 is 44.1 Å².